The van der Waals surface area contributed by atoms with E-state index in [1.807, 2.05) is 48.5 Å². The predicted molar refractivity (Wildman–Crippen MR) is 248 cm³/mol. The Morgan fingerprint density at radius 3 is 1.26 bits per heavy atom. The quantitative estimate of drug-likeness (QED) is 0.154. The van der Waals surface area contributed by atoms with Crippen molar-refractivity contribution in [3.05, 3.63) is 218 Å². The van der Waals surface area contributed by atoms with Gasteiger partial charge in [-0.15, -0.1) is 0 Å². The van der Waals surface area contributed by atoms with Crippen molar-refractivity contribution >= 4 is 21.9 Å². The Morgan fingerprint density at radius 2 is 0.705 bits per heavy atom. The summed E-state index contributed by atoms with van der Waals surface area (Å²) in [6, 6.07) is 75.0. The molecule has 0 aliphatic rings. The van der Waals surface area contributed by atoms with E-state index in [0.29, 0.717) is 17.5 Å². The van der Waals surface area contributed by atoms with Gasteiger partial charge in [0.05, 0.1) is 5.52 Å². The normalized spacial score (nSPS) is 11.3. The Hall–Kier alpha value is -8.28. The maximum absolute atomic E-state index is 7.01. The van der Waals surface area contributed by atoms with E-state index in [1.54, 1.807) is 0 Å². The molecule has 61 heavy (non-hydrogen) atoms. The molecular formula is C56H36N4O. The van der Waals surface area contributed by atoms with E-state index >= 15 is 0 Å². The molecule has 0 amide bonds. The van der Waals surface area contributed by atoms with Crippen molar-refractivity contribution in [3.8, 4) is 90.1 Å². The van der Waals surface area contributed by atoms with Crippen molar-refractivity contribution in [2.24, 2.45) is 0 Å². The van der Waals surface area contributed by atoms with Crippen LogP contribution in [0.3, 0.4) is 0 Å². The molecule has 0 bridgehead atoms. The van der Waals surface area contributed by atoms with Crippen LogP contribution in [-0.2, 0) is 0 Å². The van der Waals surface area contributed by atoms with Crippen LogP contribution in [0.2, 0.25) is 0 Å². The third-order valence-corrected chi connectivity index (χ3v) is 11.2. The minimum absolute atomic E-state index is 0.563. The van der Waals surface area contributed by atoms with Crippen molar-refractivity contribution in [1.29, 1.82) is 0 Å². The van der Waals surface area contributed by atoms with Gasteiger partial charge in [0, 0.05) is 44.2 Å². The molecule has 11 aromatic rings. The fraction of sp³-hybridized carbons (Fsp3) is 0. The number of aromatic nitrogens is 4. The zero-order valence-corrected chi connectivity index (χ0v) is 33.0. The fourth-order valence-electron chi connectivity index (χ4n) is 8.13. The Morgan fingerprint density at radius 1 is 0.295 bits per heavy atom. The van der Waals surface area contributed by atoms with Gasteiger partial charge < -0.3 is 4.42 Å². The zero-order chi connectivity index (χ0) is 40.5. The summed E-state index contributed by atoms with van der Waals surface area (Å²) < 4.78 is 7.01. The molecule has 0 spiro atoms. The molecule has 11 rings (SSSR count). The molecule has 0 saturated carbocycles. The number of nitrogens with zero attached hydrogens (tertiary/aromatic N) is 4. The molecule has 0 N–H and O–H groups in total. The predicted octanol–water partition coefficient (Wildman–Crippen LogP) is 14.5. The van der Waals surface area contributed by atoms with Gasteiger partial charge >= 0.3 is 0 Å². The molecule has 0 aliphatic carbocycles. The van der Waals surface area contributed by atoms with Gasteiger partial charge in [-0.2, -0.15) is 0 Å². The molecule has 0 aliphatic heterocycles. The second-order valence-corrected chi connectivity index (χ2v) is 15.0. The summed E-state index contributed by atoms with van der Waals surface area (Å²) in [7, 11) is 0. The Kier molecular flexibility index (Phi) is 9.10. The van der Waals surface area contributed by atoms with Gasteiger partial charge in [-0.05, 0) is 39.9 Å². The number of hydrogen-bond donors (Lipinski definition) is 0. The molecule has 5 nitrogen and oxygen atoms in total. The van der Waals surface area contributed by atoms with E-state index in [2.05, 4.69) is 170 Å². The topological polar surface area (TPSA) is 64.7 Å². The lowest BCUT2D eigenvalue weighted by atomic mass is 9.95. The Bertz CT molecular complexity index is 3210. The van der Waals surface area contributed by atoms with Crippen molar-refractivity contribution in [3.63, 3.8) is 0 Å². The number of hydrogen-bond acceptors (Lipinski definition) is 5. The van der Waals surface area contributed by atoms with E-state index < -0.39 is 0 Å². The van der Waals surface area contributed by atoms with Crippen LogP contribution in [0, 0.1) is 0 Å². The SMILES string of the molecule is c1ccc(-c2ccc(-c3nc(-c4ccc(-c5ccccc5)cc4)nc(-c4cccc(-c5nc6ccccc6c6c(-c7ccccc7)c(-c7ccccc7)oc56)c4)n3)cc2)cc1. The van der Waals surface area contributed by atoms with Crippen LogP contribution in [0.15, 0.2) is 223 Å². The third kappa shape index (κ3) is 6.84. The van der Waals surface area contributed by atoms with E-state index in [0.717, 1.165) is 94.5 Å². The third-order valence-electron chi connectivity index (χ3n) is 11.2. The second kappa shape index (κ2) is 15.5. The first kappa shape index (κ1) is 35.8. The molecule has 0 fully saturated rings. The number of furan rings is 1. The van der Waals surface area contributed by atoms with Gasteiger partial charge in [-0.25, -0.2) is 19.9 Å². The highest BCUT2D eigenvalue weighted by atomic mass is 16.3. The van der Waals surface area contributed by atoms with Crippen LogP contribution in [0.25, 0.3) is 112 Å². The van der Waals surface area contributed by atoms with Crippen molar-refractivity contribution in [1.82, 2.24) is 19.9 Å². The van der Waals surface area contributed by atoms with Crippen LogP contribution in [0.5, 0.6) is 0 Å². The summed E-state index contributed by atoms with van der Waals surface area (Å²) >= 11 is 0. The highest BCUT2D eigenvalue weighted by Crippen LogP contribution is 2.46. The largest absolute Gasteiger partial charge is 0.453 e. The monoisotopic (exact) mass is 780 g/mol. The smallest absolute Gasteiger partial charge is 0.164 e. The molecule has 8 aromatic carbocycles. The summed E-state index contributed by atoms with van der Waals surface area (Å²) in [4.78, 5) is 20.7. The van der Waals surface area contributed by atoms with E-state index in [1.165, 1.54) is 0 Å². The number of para-hydroxylation sites is 1. The van der Waals surface area contributed by atoms with E-state index in [-0.39, 0.29) is 0 Å². The molecular weight excluding hydrogens is 745 g/mol. The average Bonchev–Trinajstić information content (AvgIpc) is 3.76. The molecule has 5 heteroatoms. The maximum atomic E-state index is 7.01. The molecule has 0 radical (unpaired) electrons. The van der Waals surface area contributed by atoms with Crippen molar-refractivity contribution in [2.75, 3.05) is 0 Å². The first-order valence-corrected chi connectivity index (χ1v) is 20.4. The first-order chi connectivity index (χ1) is 30.2. The van der Waals surface area contributed by atoms with Crippen LogP contribution >= 0.6 is 0 Å². The zero-order valence-electron chi connectivity index (χ0n) is 33.0. The fourth-order valence-corrected chi connectivity index (χ4v) is 8.13. The standard InChI is InChI=1S/C56H36N4O/c1-5-16-37(17-6-1)39-28-32-43(33-29-39)54-58-55(44-34-30-40(31-35-44)38-18-7-2-8-19-38)60-56(59-54)46-25-15-24-45(36-46)51-53-50(47-26-13-14-27-48(47)57-51)49(41-20-9-3-10-21-41)52(61-53)42-22-11-4-12-23-42/h1-36H. The maximum Gasteiger partial charge on any atom is 0.164 e. The lowest BCUT2D eigenvalue weighted by molar-refractivity contribution is 0.632. The molecule has 0 atom stereocenters. The van der Waals surface area contributed by atoms with Crippen molar-refractivity contribution < 1.29 is 4.42 Å². The molecule has 0 unspecified atom stereocenters. The molecule has 286 valence electrons. The average molecular weight is 781 g/mol. The highest BCUT2D eigenvalue weighted by molar-refractivity contribution is 6.18. The van der Waals surface area contributed by atoms with Gasteiger partial charge in [-0.1, -0.05) is 206 Å². The molecule has 0 saturated heterocycles. The van der Waals surface area contributed by atoms with Crippen LogP contribution in [0.1, 0.15) is 0 Å². The Labute approximate surface area is 353 Å². The second-order valence-electron chi connectivity index (χ2n) is 15.0. The minimum atomic E-state index is 0.563. The van der Waals surface area contributed by atoms with Crippen molar-refractivity contribution in [2.45, 2.75) is 0 Å². The molecule has 3 heterocycles. The minimum Gasteiger partial charge on any atom is -0.453 e. The van der Waals surface area contributed by atoms with Crippen LogP contribution in [0.4, 0.5) is 0 Å². The van der Waals surface area contributed by atoms with Crippen LogP contribution < -0.4 is 0 Å². The number of pyridine rings is 1. The summed E-state index contributed by atoms with van der Waals surface area (Å²) in [5.74, 6) is 2.55. The summed E-state index contributed by atoms with van der Waals surface area (Å²) in [6.45, 7) is 0. The Balaban J connectivity index is 1.08. The lowest BCUT2D eigenvalue weighted by Crippen LogP contribution is -2.00. The van der Waals surface area contributed by atoms with Gasteiger partial charge in [0.15, 0.2) is 23.1 Å². The number of fused-ring (bicyclic) bond motifs is 3. The van der Waals surface area contributed by atoms with Gasteiger partial charge in [0.25, 0.3) is 0 Å². The summed E-state index contributed by atoms with van der Waals surface area (Å²) in [5, 5.41) is 2.06. The van der Waals surface area contributed by atoms with Gasteiger partial charge in [-0.3, -0.25) is 0 Å². The number of rotatable bonds is 8. The van der Waals surface area contributed by atoms with E-state index in [9.17, 15) is 0 Å². The highest BCUT2D eigenvalue weighted by Gasteiger charge is 2.24. The van der Waals surface area contributed by atoms with E-state index in [4.69, 9.17) is 24.4 Å². The summed E-state index contributed by atoms with van der Waals surface area (Å²) in [6.07, 6.45) is 0. The summed E-state index contributed by atoms with van der Waals surface area (Å²) in [5.41, 5.74) is 13.6. The molecule has 3 aromatic heterocycles. The first-order valence-electron chi connectivity index (χ1n) is 20.4. The van der Waals surface area contributed by atoms with Gasteiger partial charge in [0.2, 0.25) is 0 Å². The lowest BCUT2D eigenvalue weighted by Gasteiger charge is -2.11. The van der Waals surface area contributed by atoms with Gasteiger partial charge in [0.1, 0.15) is 11.5 Å². The van der Waals surface area contributed by atoms with Crippen LogP contribution in [-0.4, -0.2) is 19.9 Å². The number of benzene rings is 8.